The Hall–Kier alpha value is -1.62. The molecule has 102 valence electrons. The van der Waals surface area contributed by atoms with Crippen LogP contribution in [0, 0.1) is 13.8 Å². The van der Waals surface area contributed by atoms with Gasteiger partial charge in [-0.25, -0.2) is 4.98 Å². The van der Waals surface area contributed by atoms with Crippen molar-refractivity contribution in [1.82, 2.24) is 19.9 Å². The van der Waals surface area contributed by atoms with Gasteiger partial charge >= 0.3 is 0 Å². The second-order valence-electron chi connectivity index (χ2n) is 5.26. The first-order chi connectivity index (χ1) is 9.20. The van der Waals surface area contributed by atoms with E-state index in [1.165, 1.54) is 12.8 Å². The van der Waals surface area contributed by atoms with Crippen LogP contribution in [0.1, 0.15) is 42.3 Å². The highest BCUT2D eigenvalue weighted by Crippen LogP contribution is 2.25. The fourth-order valence-electron chi connectivity index (χ4n) is 2.79. The average Bonchev–Trinajstić information content (AvgIpc) is 2.84. The van der Waals surface area contributed by atoms with Crippen molar-refractivity contribution in [3.8, 4) is 0 Å². The van der Waals surface area contributed by atoms with Crippen molar-refractivity contribution in [2.75, 3.05) is 18.9 Å². The van der Waals surface area contributed by atoms with Crippen LogP contribution in [-0.2, 0) is 0 Å². The predicted molar refractivity (Wildman–Crippen MR) is 76.6 cm³/mol. The van der Waals surface area contributed by atoms with E-state index in [-0.39, 0.29) is 0 Å². The molecular formula is C14H21N5. The highest BCUT2D eigenvalue weighted by Gasteiger charge is 2.19. The van der Waals surface area contributed by atoms with Gasteiger partial charge in [0.2, 0.25) is 0 Å². The summed E-state index contributed by atoms with van der Waals surface area (Å²) < 4.78 is 1.92. The summed E-state index contributed by atoms with van der Waals surface area (Å²) in [5, 5.41) is 11.5. The molecule has 1 fully saturated rings. The smallest absolute Gasteiger partial charge is 0.157 e. The van der Waals surface area contributed by atoms with Gasteiger partial charge in [-0.1, -0.05) is 6.42 Å². The molecule has 1 aliphatic rings. The van der Waals surface area contributed by atoms with Gasteiger partial charge < -0.3 is 10.6 Å². The van der Waals surface area contributed by atoms with Gasteiger partial charge in [0, 0.05) is 24.4 Å². The highest BCUT2D eigenvalue weighted by atomic mass is 15.3. The summed E-state index contributed by atoms with van der Waals surface area (Å²) in [5.41, 5.74) is 4.24. The van der Waals surface area contributed by atoms with E-state index in [4.69, 9.17) is 5.10 Å². The number of hydrogen-bond acceptors (Lipinski definition) is 4. The van der Waals surface area contributed by atoms with Gasteiger partial charge in [0.25, 0.3) is 0 Å². The van der Waals surface area contributed by atoms with Crippen molar-refractivity contribution in [3.63, 3.8) is 0 Å². The van der Waals surface area contributed by atoms with Crippen LogP contribution in [0.2, 0.25) is 0 Å². The minimum Gasteiger partial charge on any atom is -0.373 e. The molecule has 0 aliphatic carbocycles. The van der Waals surface area contributed by atoms with Gasteiger partial charge in [-0.3, -0.25) is 0 Å². The zero-order chi connectivity index (χ0) is 13.4. The van der Waals surface area contributed by atoms with E-state index in [0.717, 1.165) is 41.4 Å². The predicted octanol–water partition coefficient (Wildman–Crippen LogP) is 2.20. The summed E-state index contributed by atoms with van der Waals surface area (Å²) in [7, 11) is 1.93. The molecule has 0 aromatic carbocycles. The number of nitrogens with one attached hydrogen (secondary N) is 2. The molecule has 2 N–H and O–H groups in total. The first kappa shape index (κ1) is 12.4. The molecule has 1 aliphatic heterocycles. The number of aromatic nitrogens is 3. The molecule has 3 rings (SSSR count). The monoisotopic (exact) mass is 259 g/mol. The van der Waals surface area contributed by atoms with E-state index in [0.29, 0.717) is 6.04 Å². The summed E-state index contributed by atoms with van der Waals surface area (Å²) in [5.74, 6) is 1.03. The Bertz CT molecular complexity index is 595. The Balaban J connectivity index is 2.09. The number of aryl methyl sites for hydroxylation is 1. The van der Waals surface area contributed by atoms with E-state index in [1.54, 1.807) is 0 Å². The van der Waals surface area contributed by atoms with Gasteiger partial charge in [0.1, 0.15) is 5.82 Å². The van der Waals surface area contributed by atoms with Crippen LogP contribution < -0.4 is 10.6 Å². The van der Waals surface area contributed by atoms with E-state index in [1.807, 2.05) is 18.5 Å². The molecule has 2 aromatic rings. The second-order valence-corrected chi connectivity index (χ2v) is 5.26. The van der Waals surface area contributed by atoms with Crippen LogP contribution >= 0.6 is 0 Å². The number of nitrogens with zero attached hydrogens (tertiary/aromatic N) is 3. The van der Waals surface area contributed by atoms with Gasteiger partial charge in [0.05, 0.1) is 11.7 Å². The normalized spacial score (nSPS) is 19.8. The molecule has 5 nitrogen and oxygen atoms in total. The van der Waals surface area contributed by atoms with Crippen LogP contribution in [0.3, 0.4) is 0 Å². The third-order valence-electron chi connectivity index (χ3n) is 4.01. The zero-order valence-electron chi connectivity index (χ0n) is 11.8. The highest BCUT2D eigenvalue weighted by molar-refractivity contribution is 5.55. The molecule has 3 heterocycles. The summed E-state index contributed by atoms with van der Waals surface area (Å²) in [6, 6.07) is 2.48. The standard InChI is InChI=1S/C14H21N5/c1-9-10(2)17-13-8-12(11-6-4-5-7-16-11)18-19(13)14(9)15-3/h8,11,15-16H,4-7H2,1-3H3. The summed E-state index contributed by atoms with van der Waals surface area (Å²) in [4.78, 5) is 4.63. The molecule has 1 saturated heterocycles. The fourth-order valence-corrected chi connectivity index (χ4v) is 2.79. The summed E-state index contributed by atoms with van der Waals surface area (Å²) in [6.45, 7) is 5.21. The Morgan fingerprint density at radius 2 is 2.21 bits per heavy atom. The largest absolute Gasteiger partial charge is 0.373 e. The lowest BCUT2D eigenvalue weighted by Crippen LogP contribution is -2.27. The molecule has 0 spiro atoms. The van der Waals surface area contributed by atoms with Gasteiger partial charge in [0.15, 0.2) is 5.65 Å². The van der Waals surface area contributed by atoms with E-state index in [2.05, 4.69) is 28.6 Å². The third-order valence-corrected chi connectivity index (χ3v) is 4.01. The first-order valence-electron chi connectivity index (χ1n) is 6.98. The van der Waals surface area contributed by atoms with Crippen molar-refractivity contribution in [3.05, 3.63) is 23.0 Å². The maximum atomic E-state index is 4.74. The van der Waals surface area contributed by atoms with E-state index >= 15 is 0 Å². The summed E-state index contributed by atoms with van der Waals surface area (Å²) in [6.07, 6.45) is 3.70. The number of fused-ring (bicyclic) bond motifs is 1. The Morgan fingerprint density at radius 3 is 2.89 bits per heavy atom. The van der Waals surface area contributed by atoms with Crippen molar-refractivity contribution in [2.24, 2.45) is 0 Å². The third kappa shape index (κ3) is 2.08. The van der Waals surface area contributed by atoms with Crippen LogP contribution in [0.5, 0.6) is 0 Å². The fraction of sp³-hybridized carbons (Fsp3) is 0.571. The molecule has 19 heavy (non-hydrogen) atoms. The first-order valence-corrected chi connectivity index (χ1v) is 6.98. The second kappa shape index (κ2) is 4.81. The van der Waals surface area contributed by atoms with Crippen LogP contribution in [0.25, 0.3) is 5.65 Å². The molecule has 1 atom stereocenters. The van der Waals surface area contributed by atoms with Crippen molar-refractivity contribution < 1.29 is 0 Å². The average molecular weight is 259 g/mol. The lowest BCUT2D eigenvalue weighted by atomic mass is 10.0. The van der Waals surface area contributed by atoms with Gasteiger partial charge in [-0.05, 0) is 33.2 Å². The minimum atomic E-state index is 0.376. The van der Waals surface area contributed by atoms with Crippen LogP contribution in [0.4, 0.5) is 5.82 Å². The molecule has 5 heteroatoms. The molecule has 1 unspecified atom stereocenters. The SMILES string of the molecule is CNc1c(C)c(C)nc2cc(C3CCCCN3)nn12. The quantitative estimate of drug-likeness (QED) is 0.868. The Morgan fingerprint density at radius 1 is 1.37 bits per heavy atom. The zero-order valence-corrected chi connectivity index (χ0v) is 11.8. The Kier molecular flexibility index (Phi) is 3.14. The molecular weight excluding hydrogens is 238 g/mol. The van der Waals surface area contributed by atoms with E-state index < -0.39 is 0 Å². The van der Waals surface area contributed by atoms with Crippen molar-refractivity contribution in [1.29, 1.82) is 0 Å². The number of hydrogen-bond donors (Lipinski definition) is 2. The minimum absolute atomic E-state index is 0.376. The summed E-state index contributed by atoms with van der Waals surface area (Å²) >= 11 is 0. The van der Waals surface area contributed by atoms with Gasteiger partial charge in [-0.15, -0.1) is 0 Å². The maximum absolute atomic E-state index is 4.74. The Labute approximate surface area is 113 Å². The number of rotatable bonds is 2. The van der Waals surface area contributed by atoms with Crippen molar-refractivity contribution in [2.45, 2.75) is 39.2 Å². The topological polar surface area (TPSA) is 54.2 Å². The molecule has 0 radical (unpaired) electrons. The molecule has 0 saturated carbocycles. The number of piperidine rings is 1. The maximum Gasteiger partial charge on any atom is 0.157 e. The molecule has 2 aromatic heterocycles. The lowest BCUT2D eigenvalue weighted by molar-refractivity contribution is 0.404. The molecule has 0 amide bonds. The van der Waals surface area contributed by atoms with Crippen LogP contribution in [-0.4, -0.2) is 28.2 Å². The lowest BCUT2D eigenvalue weighted by Gasteiger charge is -2.21. The molecule has 0 bridgehead atoms. The van der Waals surface area contributed by atoms with E-state index in [9.17, 15) is 0 Å². The van der Waals surface area contributed by atoms with Crippen LogP contribution in [0.15, 0.2) is 6.07 Å². The number of anilines is 1. The van der Waals surface area contributed by atoms with Gasteiger partial charge in [-0.2, -0.15) is 9.61 Å². The van der Waals surface area contributed by atoms with Crippen molar-refractivity contribution >= 4 is 11.5 Å².